The van der Waals surface area contributed by atoms with Crippen LogP contribution in [0.4, 0.5) is 0 Å². The van der Waals surface area contributed by atoms with Crippen LogP contribution in [0.1, 0.15) is 39.3 Å². The zero-order chi connectivity index (χ0) is 21.7. The molecule has 3 aromatic rings. The third-order valence-corrected chi connectivity index (χ3v) is 7.51. The average molecular weight is 427 g/mol. The number of nitrogens with zero attached hydrogens (tertiary/aromatic N) is 4. The molecule has 32 heavy (non-hydrogen) atoms. The molecule has 0 saturated carbocycles. The topological polar surface area (TPSA) is 41.4 Å². The molecule has 3 heterocycles. The summed E-state index contributed by atoms with van der Waals surface area (Å²) in [7, 11) is 0. The predicted molar refractivity (Wildman–Crippen MR) is 125 cm³/mol. The Morgan fingerprint density at radius 1 is 0.938 bits per heavy atom. The monoisotopic (exact) mass is 426 g/mol. The van der Waals surface area contributed by atoms with Crippen LogP contribution < -0.4 is 0 Å². The second-order valence-corrected chi connectivity index (χ2v) is 9.78. The molecule has 6 rings (SSSR count). The number of aryl methyl sites for hydroxylation is 1. The van der Waals surface area contributed by atoms with Crippen molar-refractivity contribution >= 4 is 5.91 Å². The molecule has 2 unspecified atom stereocenters. The number of benzene rings is 2. The molecule has 5 nitrogen and oxygen atoms in total. The molecule has 2 fully saturated rings. The molecule has 1 aromatic heterocycles. The van der Waals surface area contributed by atoms with Crippen LogP contribution in [0.2, 0.25) is 0 Å². The number of carbonyl (C=O) groups is 1. The van der Waals surface area contributed by atoms with Crippen molar-refractivity contribution in [3.05, 3.63) is 82.7 Å². The van der Waals surface area contributed by atoms with Gasteiger partial charge in [0, 0.05) is 44.0 Å². The van der Waals surface area contributed by atoms with Gasteiger partial charge < -0.3 is 4.90 Å². The van der Waals surface area contributed by atoms with Crippen molar-refractivity contribution in [2.75, 3.05) is 26.2 Å². The summed E-state index contributed by atoms with van der Waals surface area (Å²) in [5, 5.41) is 4.86. The molecule has 2 aromatic carbocycles. The highest BCUT2D eigenvalue weighted by Gasteiger charge is 2.42. The predicted octanol–water partition coefficient (Wildman–Crippen LogP) is 3.87. The number of likely N-dealkylation sites (tertiary alicyclic amines) is 2. The number of aromatic nitrogens is 2. The molecular formula is C27H30N4O. The third kappa shape index (κ3) is 3.45. The highest BCUT2D eigenvalue weighted by atomic mass is 16.2. The lowest BCUT2D eigenvalue weighted by Crippen LogP contribution is -2.33. The largest absolute Gasteiger partial charge is 0.337 e. The lowest BCUT2D eigenvalue weighted by molar-refractivity contribution is 0.0766. The van der Waals surface area contributed by atoms with E-state index in [9.17, 15) is 4.79 Å². The van der Waals surface area contributed by atoms with Gasteiger partial charge in [0.15, 0.2) is 5.69 Å². The summed E-state index contributed by atoms with van der Waals surface area (Å²) in [6.45, 7) is 6.99. The van der Waals surface area contributed by atoms with Gasteiger partial charge in [-0.05, 0) is 55.7 Å². The number of rotatable bonds is 4. The van der Waals surface area contributed by atoms with E-state index in [1.54, 1.807) is 0 Å². The molecule has 1 amide bonds. The van der Waals surface area contributed by atoms with E-state index in [1.807, 2.05) is 4.68 Å². The molecule has 5 heteroatoms. The van der Waals surface area contributed by atoms with Gasteiger partial charge in [-0.15, -0.1) is 0 Å². The first kappa shape index (κ1) is 19.7. The van der Waals surface area contributed by atoms with Crippen LogP contribution in [-0.4, -0.2) is 51.7 Å². The summed E-state index contributed by atoms with van der Waals surface area (Å²) in [6.07, 6.45) is 3.08. The van der Waals surface area contributed by atoms with E-state index in [1.165, 1.54) is 22.4 Å². The van der Waals surface area contributed by atoms with Crippen LogP contribution in [0.25, 0.3) is 5.69 Å². The molecule has 0 spiro atoms. The first-order chi connectivity index (χ1) is 15.7. The lowest BCUT2D eigenvalue weighted by atomic mass is 10.0. The minimum Gasteiger partial charge on any atom is -0.337 e. The molecule has 0 N–H and O–H groups in total. The van der Waals surface area contributed by atoms with Crippen molar-refractivity contribution in [3.8, 4) is 5.69 Å². The summed E-state index contributed by atoms with van der Waals surface area (Å²) < 4.78 is 2.02. The van der Waals surface area contributed by atoms with E-state index in [4.69, 9.17) is 5.10 Å². The minimum absolute atomic E-state index is 0.137. The van der Waals surface area contributed by atoms with Crippen LogP contribution in [0, 0.1) is 18.8 Å². The van der Waals surface area contributed by atoms with Gasteiger partial charge in [-0.1, -0.05) is 48.0 Å². The van der Waals surface area contributed by atoms with E-state index in [0.29, 0.717) is 17.5 Å². The van der Waals surface area contributed by atoms with E-state index in [-0.39, 0.29) is 5.91 Å². The Labute approximate surface area is 189 Å². The number of hydrogen-bond acceptors (Lipinski definition) is 3. The molecule has 2 aliphatic heterocycles. The molecule has 3 aliphatic rings. The van der Waals surface area contributed by atoms with Crippen LogP contribution in [-0.2, 0) is 19.4 Å². The molecule has 164 valence electrons. The van der Waals surface area contributed by atoms with Crippen LogP contribution in [0.5, 0.6) is 0 Å². The van der Waals surface area contributed by atoms with Gasteiger partial charge >= 0.3 is 0 Å². The van der Waals surface area contributed by atoms with Crippen LogP contribution >= 0.6 is 0 Å². The van der Waals surface area contributed by atoms with Gasteiger partial charge in [-0.3, -0.25) is 9.69 Å². The zero-order valence-corrected chi connectivity index (χ0v) is 18.7. The maximum Gasteiger partial charge on any atom is 0.274 e. The van der Waals surface area contributed by atoms with Crippen LogP contribution in [0.3, 0.4) is 0 Å². The second-order valence-electron chi connectivity index (χ2n) is 9.78. The summed E-state index contributed by atoms with van der Waals surface area (Å²) in [6, 6.07) is 19.1. The van der Waals surface area contributed by atoms with Gasteiger partial charge in [0.25, 0.3) is 5.91 Å². The van der Waals surface area contributed by atoms with Gasteiger partial charge in [-0.2, -0.15) is 5.10 Å². The van der Waals surface area contributed by atoms with E-state index in [2.05, 4.69) is 71.3 Å². The molecular weight excluding hydrogens is 396 g/mol. The Morgan fingerprint density at radius 2 is 1.66 bits per heavy atom. The second kappa shape index (κ2) is 7.89. The highest BCUT2D eigenvalue weighted by molar-refractivity contribution is 5.94. The van der Waals surface area contributed by atoms with Gasteiger partial charge in [0.2, 0.25) is 0 Å². The fourth-order valence-corrected chi connectivity index (χ4v) is 5.89. The van der Waals surface area contributed by atoms with Crippen molar-refractivity contribution in [3.63, 3.8) is 0 Å². The van der Waals surface area contributed by atoms with E-state index < -0.39 is 0 Å². The molecule has 1 aliphatic carbocycles. The van der Waals surface area contributed by atoms with Crippen molar-refractivity contribution in [1.29, 1.82) is 0 Å². The number of carbonyl (C=O) groups excluding carboxylic acids is 1. The SMILES string of the molecule is Cc1ccc(-n2nc(C(=O)N3CC4CN(Cc5ccccc5)CC4C3)c3c2CCC3)cc1. The fourth-order valence-electron chi connectivity index (χ4n) is 5.89. The zero-order valence-electron chi connectivity index (χ0n) is 18.7. The maximum absolute atomic E-state index is 13.5. The molecule has 0 bridgehead atoms. The Hall–Kier alpha value is -2.92. The standard InChI is InChI=1S/C27H30N4O/c1-19-10-12-23(13-11-19)31-25-9-5-8-24(25)26(28-31)27(32)30-17-21-15-29(16-22(21)18-30)14-20-6-3-2-4-7-20/h2-4,6-7,10-13,21-22H,5,8-9,14-18H2,1H3. The molecule has 2 atom stereocenters. The van der Waals surface area contributed by atoms with E-state index in [0.717, 1.165) is 57.7 Å². The van der Waals surface area contributed by atoms with Crippen LogP contribution in [0.15, 0.2) is 54.6 Å². The smallest absolute Gasteiger partial charge is 0.274 e. The minimum atomic E-state index is 0.137. The summed E-state index contributed by atoms with van der Waals surface area (Å²) >= 11 is 0. The Kier molecular flexibility index (Phi) is 4.87. The first-order valence-corrected chi connectivity index (χ1v) is 11.9. The van der Waals surface area contributed by atoms with Crippen molar-refractivity contribution < 1.29 is 4.79 Å². The fraction of sp³-hybridized carbons (Fsp3) is 0.407. The van der Waals surface area contributed by atoms with Crippen molar-refractivity contribution in [2.45, 2.75) is 32.7 Å². The normalized spacial score (nSPS) is 22.3. The van der Waals surface area contributed by atoms with Crippen molar-refractivity contribution in [1.82, 2.24) is 19.6 Å². The lowest BCUT2D eigenvalue weighted by Gasteiger charge is -2.21. The Balaban J connectivity index is 1.17. The highest BCUT2D eigenvalue weighted by Crippen LogP contribution is 2.34. The number of hydrogen-bond donors (Lipinski definition) is 0. The van der Waals surface area contributed by atoms with Crippen molar-refractivity contribution in [2.24, 2.45) is 11.8 Å². The van der Waals surface area contributed by atoms with Gasteiger partial charge in [-0.25, -0.2) is 4.68 Å². The first-order valence-electron chi connectivity index (χ1n) is 11.9. The third-order valence-electron chi connectivity index (χ3n) is 7.51. The Bertz CT molecular complexity index is 1120. The van der Waals surface area contributed by atoms with E-state index >= 15 is 0 Å². The summed E-state index contributed by atoms with van der Waals surface area (Å²) in [4.78, 5) is 18.2. The van der Waals surface area contributed by atoms with Gasteiger partial charge in [0.1, 0.15) is 0 Å². The Morgan fingerprint density at radius 3 is 2.38 bits per heavy atom. The quantitative estimate of drug-likeness (QED) is 0.636. The summed E-state index contributed by atoms with van der Waals surface area (Å²) in [5.74, 6) is 1.29. The maximum atomic E-state index is 13.5. The molecule has 0 radical (unpaired) electrons. The number of fused-ring (bicyclic) bond motifs is 2. The summed E-state index contributed by atoms with van der Waals surface area (Å²) in [5.41, 5.74) is 6.77. The van der Waals surface area contributed by atoms with Gasteiger partial charge in [0.05, 0.1) is 5.69 Å². The average Bonchev–Trinajstić information content (AvgIpc) is 3.55. The number of amides is 1. The molecule has 2 saturated heterocycles.